The van der Waals surface area contributed by atoms with Crippen LogP contribution in [0.2, 0.25) is 5.15 Å². The normalized spacial score (nSPS) is 10.3. The minimum atomic E-state index is 0.493. The van der Waals surface area contributed by atoms with Gasteiger partial charge in [-0.1, -0.05) is 23.7 Å². The molecule has 88 valence electrons. The van der Waals surface area contributed by atoms with Crippen molar-refractivity contribution in [2.75, 3.05) is 0 Å². The Bertz CT molecular complexity index is 525. The molecule has 0 fully saturated rings. The molecule has 3 heteroatoms. The second-order valence-corrected chi connectivity index (χ2v) is 4.43. The Balaban J connectivity index is 2.09. The molecular formula is C14H14ClNO. The molecule has 1 aromatic carbocycles. The summed E-state index contributed by atoms with van der Waals surface area (Å²) in [5, 5.41) is 0.493. The summed E-state index contributed by atoms with van der Waals surface area (Å²) in [5.41, 5.74) is 3.35. The van der Waals surface area contributed by atoms with Crippen molar-refractivity contribution in [3.05, 3.63) is 58.4 Å². The number of ether oxygens (including phenoxy) is 1. The molecule has 2 aromatic rings. The predicted octanol–water partition coefficient (Wildman–Crippen LogP) is 3.93. The fraction of sp³-hybridized carbons (Fsp3) is 0.214. The molecule has 0 bridgehead atoms. The van der Waals surface area contributed by atoms with E-state index in [4.69, 9.17) is 16.3 Å². The van der Waals surface area contributed by atoms with Crippen LogP contribution in [-0.4, -0.2) is 4.98 Å². The quantitative estimate of drug-likeness (QED) is 0.767. The molecule has 17 heavy (non-hydrogen) atoms. The first-order valence-corrected chi connectivity index (χ1v) is 5.83. The number of aryl methyl sites for hydroxylation is 2. The highest BCUT2D eigenvalue weighted by atomic mass is 35.5. The van der Waals surface area contributed by atoms with E-state index in [0.717, 1.165) is 16.9 Å². The van der Waals surface area contributed by atoms with Gasteiger partial charge in [-0.3, -0.25) is 0 Å². The summed E-state index contributed by atoms with van der Waals surface area (Å²) in [6.07, 6.45) is 1.68. The van der Waals surface area contributed by atoms with Crippen molar-refractivity contribution in [1.29, 1.82) is 0 Å². The molecular weight excluding hydrogens is 234 g/mol. The minimum absolute atomic E-state index is 0.493. The lowest BCUT2D eigenvalue weighted by Crippen LogP contribution is -1.97. The van der Waals surface area contributed by atoms with E-state index in [0.29, 0.717) is 11.8 Å². The Morgan fingerprint density at radius 2 is 2.00 bits per heavy atom. The van der Waals surface area contributed by atoms with Crippen LogP contribution in [0.25, 0.3) is 0 Å². The standard InChI is InChI=1S/C14H14ClNO/c1-10-3-4-11(2)13(7-10)17-9-12-5-6-16-14(15)8-12/h3-8H,9H2,1-2H3. The molecule has 2 rings (SSSR count). The van der Waals surface area contributed by atoms with Crippen LogP contribution in [0.5, 0.6) is 5.75 Å². The number of pyridine rings is 1. The van der Waals surface area contributed by atoms with E-state index in [1.165, 1.54) is 5.56 Å². The van der Waals surface area contributed by atoms with Crippen LogP contribution in [0.3, 0.4) is 0 Å². The van der Waals surface area contributed by atoms with Crippen molar-refractivity contribution < 1.29 is 4.74 Å². The van der Waals surface area contributed by atoms with E-state index >= 15 is 0 Å². The minimum Gasteiger partial charge on any atom is -0.489 e. The third kappa shape index (κ3) is 3.21. The Morgan fingerprint density at radius 3 is 2.76 bits per heavy atom. The van der Waals surface area contributed by atoms with Crippen molar-refractivity contribution in [2.24, 2.45) is 0 Å². The molecule has 0 aliphatic carbocycles. The Labute approximate surface area is 106 Å². The zero-order valence-electron chi connectivity index (χ0n) is 9.90. The fourth-order valence-electron chi connectivity index (χ4n) is 1.56. The van der Waals surface area contributed by atoms with Crippen molar-refractivity contribution in [3.63, 3.8) is 0 Å². The van der Waals surface area contributed by atoms with Crippen molar-refractivity contribution >= 4 is 11.6 Å². The zero-order valence-corrected chi connectivity index (χ0v) is 10.7. The van der Waals surface area contributed by atoms with Crippen LogP contribution in [0.15, 0.2) is 36.5 Å². The van der Waals surface area contributed by atoms with E-state index in [1.54, 1.807) is 6.20 Å². The van der Waals surface area contributed by atoms with Gasteiger partial charge >= 0.3 is 0 Å². The van der Waals surface area contributed by atoms with Crippen LogP contribution in [0.4, 0.5) is 0 Å². The van der Waals surface area contributed by atoms with Gasteiger partial charge in [0.1, 0.15) is 17.5 Å². The van der Waals surface area contributed by atoms with E-state index in [-0.39, 0.29) is 0 Å². The SMILES string of the molecule is Cc1ccc(C)c(OCc2ccnc(Cl)c2)c1. The van der Waals surface area contributed by atoms with E-state index in [2.05, 4.69) is 24.0 Å². The molecule has 0 saturated heterocycles. The summed E-state index contributed by atoms with van der Waals surface area (Å²) in [4.78, 5) is 3.94. The van der Waals surface area contributed by atoms with Gasteiger partial charge in [-0.15, -0.1) is 0 Å². The Hall–Kier alpha value is -1.54. The van der Waals surface area contributed by atoms with Crippen LogP contribution in [-0.2, 0) is 6.61 Å². The summed E-state index contributed by atoms with van der Waals surface area (Å²) in [6.45, 7) is 4.59. The first-order valence-electron chi connectivity index (χ1n) is 5.45. The number of nitrogens with zero attached hydrogens (tertiary/aromatic N) is 1. The van der Waals surface area contributed by atoms with E-state index in [1.807, 2.05) is 25.1 Å². The summed E-state index contributed by atoms with van der Waals surface area (Å²) in [5.74, 6) is 0.915. The predicted molar refractivity (Wildman–Crippen MR) is 69.5 cm³/mol. The van der Waals surface area contributed by atoms with Gasteiger partial charge in [-0.2, -0.15) is 0 Å². The molecule has 1 heterocycles. The van der Waals surface area contributed by atoms with Gasteiger partial charge in [0.2, 0.25) is 0 Å². The van der Waals surface area contributed by atoms with Crippen LogP contribution in [0.1, 0.15) is 16.7 Å². The molecule has 2 nitrogen and oxygen atoms in total. The molecule has 0 unspecified atom stereocenters. The van der Waals surface area contributed by atoms with Gasteiger partial charge in [0.15, 0.2) is 0 Å². The third-order valence-corrected chi connectivity index (χ3v) is 2.74. The maximum Gasteiger partial charge on any atom is 0.129 e. The highest BCUT2D eigenvalue weighted by Crippen LogP contribution is 2.20. The molecule has 0 amide bonds. The number of benzene rings is 1. The van der Waals surface area contributed by atoms with Crippen molar-refractivity contribution in [1.82, 2.24) is 4.98 Å². The largest absolute Gasteiger partial charge is 0.489 e. The second kappa shape index (κ2) is 5.19. The van der Waals surface area contributed by atoms with Crippen LogP contribution in [0, 0.1) is 13.8 Å². The third-order valence-electron chi connectivity index (χ3n) is 2.53. The average molecular weight is 248 g/mol. The number of hydrogen-bond donors (Lipinski definition) is 0. The molecule has 0 radical (unpaired) electrons. The number of aromatic nitrogens is 1. The van der Waals surface area contributed by atoms with Gasteiger partial charge < -0.3 is 4.74 Å². The summed E-state index contributed by atoms with van der Waals surface area (Å²) >= 11 is 5.82. The number of hydrogen-bond acceptors (Lipinski definition) is 2. The zero-order chi connectivity index (χ0) is 12.3. The highest BCUT2D eigenvalue weighted by molar-refractivity contribution is 6.29. The number of rotatable bonds is 3. The van der Waals surface area contributed by atoms with Gasteiger partial charge in [0, 0.05) is 6.20 Å². The summed E-state index contributed by atoms with van der Waals surface area (Å²) in [7, 11) is 0. The molecule has 0 N–H and O–H groups in total. The first kappa shape index (κ1) is 11.9. The summed E-state index contributed by atoms with van der Waals surface area (Å²) in [6, 6.07) is 9.89. The van der Waals surface area contributed by atoms with Crippen LogP contribution < -0.4 is 4.74 Å². The van der Waals surface area contributed by atoms with Gasteiger partial charge in [-0.05, 0) is 48.7 Å². The second-order valence-electron chi connectivity index (χ2n) is 4.04. The molecule has 0 spiro atoms. The molecule has 0 atom stereocenters. The Morgan fingerprint density at radius 1 is 1.18 bits per heavy atom. The van der Waals surface area contributed by atoms with Crippen molar-refractivity contribution in [3.8, 4) is 5.75 Å². The van der Waals surface area contributed by atoms with E-state index in [9.17, 15) is 0 Å². The Kier molecular flexibility index (Phi) is 3.64. The van der Waals surface area contributed by atoms with Crippen LogP contribution >= 0.6 is 11.6 Å². The topological polar surface area (TPSA) is 22.1 Å². The fourth-order valence-corrected chi connectivity index (χ4v) is 1.75. The van der Waals surface area contributed by atoms with Gasteiger partial charge in [-0.25, -0.2) is 4.98 Å². The van der Waals surface area contributed by atoms with E-state index < -0.39 is 0 Å². The molecule has 1 aromatic heterocycles. The lowest BCUT2D eigenvalue weighted by molar-refractivity contribution is 0.304. The average Bonchev–Trinajstić information content (AvgIpc) is 2.30. The first-order chi connectivity index (χ1) is 8.15. The lowest BCUT2D eigenvalue weighted by Gasteiger charge is -2.10. The van der Waals surface area contributed by atoms with Gasteiger partial charge in [0.05, 0.1) is 0 Å². The number of halogens is 1. The summed E-state index contributed by atoms with van der Waals surface area (Å²) < 4.78 is 5.77. The van der Waals surface area contributed by atoms with Crippen molar-refractivity contribution in [2.45, 2.75) is 20.5 Å². The maximum atomic E-state index is 5.82. The molecule has 0 aliphatic rings. The molecule has 0 aliphatic heterocycles. The smallest absolute Gasteiger partial charge is 0.129 e. The highest BCUT2D eigenvalue weighted by Gasteiger charge is 2.01. The maximum absolute atomic E-state index is 5.82. The lowest BCUT2D eigenvalue weighted by atomic mass is 10.1. The van der Waals surface area contributed by atoms with Gasteiger partial charge in [0.25, 0.3) is 0 Å². The molecule has 0 saturated carbocycles. The monoisotopic (exact) mass is 247 g/mol.